The van der Waals surface area contributed by atoms with Crippen LogP contribution in [0.4, 0.5) is 0 Å². The van der Waals surface area contributed by atoms with Gasteiger partial charge in [0.25, 0.3) is 0 Å². The Bertz CT molecular complexity index is 770. The van der Waals surface area contributed by atoms with E-state index in [0.29, 0.717) is 5.78 Å². The third kappa shape index (κ3) is 3.23. The molecule has 0 spiro atoms. The minimum atomic E-state index is 0.156. The Kier molecular flexibility index (Phi) is 4.13. The van der Waals surface area contributed by atoms with Crippen molar-refractivity contribution >= 4 is 16.7 Å². The van der Waals surface area contributed by atoms with Crippen LogP contribution in [-0.4, -0.2) is 35.3 Å². The van der Waals surface area contributed by atoms with Crippen molar-refractivity contribution in [3.63, 3.8) is 0 Å². The van der Waals surface area contributed by atoms with Crippen molar-refractivity contribution in [1.29, 1.82) is 0 Å². The van der Waals surface area contributed by atoms with Crippen LogP contribution in [0.2, 0.25) is 0 Å². The lowest BCUT2D eigenvalue weighted by molar-refractivity contribution is 0.0813. The zero-order chi connectivity index (χ0) is 16.7. The van der Waals surface area contributed by atoms with Crippen LogP contribution in [-0.2, 0) is 0 Å². The first kappa shape index (κ1) is 15.8. The number of ketones is 1. The van der Waals surface area contributed by atoms with Gasteiger partial charge in [-0.1, -0.05) is 13.0 Å². The van der Waals surface area contributed by atoms with Gasteiger partial charge in [-0.3, -0.25) is 9.78 Å². The van der Waals surface area contributed by atoms with Crippen LogP contribution in [0.15, 0.2) is 30.3 Å². The monoisotopic (exact) mass is 322 g/mol. The number of piperidine rings is 1. The van der Waals surface area contributed by atoms with Crippen molar-refractivity contribution in [3.05, 3.63) is 41.6 Å². The molecule has 0 amide bonds. The quantitative estimate of drug-likeness (QED) is 0.795. The summed E-state index contributed by atoms with van der Waals surface area (Å²) in [5.41, 5.74) is 2.83. The predicted molar refractivity (Wildman–Crippen MR) is 97.2 cm³/mol. The van der Waals surface area contributed by atoms with Crippen LogP contribution in [0.5, 0.6) is 0 Å². The van der Waals surface area contributed by atoms with Gasteiger partial charge in [-0.2, -0.15) is 0 Å². The van der Waals surface area contributed by atoms with Gasteiger partial charge in [-0.15, -0.1) is 0 Å². The summed E-state index contributed by atoms with van der Waals surface area (Å²) in [4.78, 5) is 20.0. The second-order valence-corrected chi connectivity index (χ2v) is 7.80. The first-order chi connectivity index (χ1) is 11.6. The number of Topliss-reactive ketones (excluding diaryl/α,β-unsaturated/α-hetero) is 1. The van der Waals surface area contributed by atoms with E-state index < -0.39 is 0 Å². The molecule has 1 saturated heterocycles. The highest BCUT2D eigenvalue weighted by molar-refractivity contribution is 6.01. The average Bonchev–Trinajstić information content (AvgIpc) is 3.28. The lowest BCUT2D eigenvalue weighted by Crippen LogP contribution is -2.39. The number of hydrogen-bond donors (Lipinski definition) is 0. The molecule has 24 heavy (non-hydrogen) atoms. The Morgan fingerprint density at radius 3 is 2.92 bits per heavy atom. The normalized spacial score (nSPS) is 27.3. The van der Waals surface area contributed by atoms with Crippen molar-refractivity contribution in [2.45, 2.75) is 33.1 Å². The van der Waals surface area contributed by atoms with Crippen molar-refractivity contribution in [2.24, 2.45) is 17.8 Å². The largest absolute Gasteiger partial charge is 0.302 e. The summed E-state index contributed by atoms with van der Waals surface area (Å²) in [6.07, 6.45) is 3.54. The zero-order valence-corrected chi connectivity index (χ0v) is 14.7. The molecule has 4 rings (SSSR count). The summed E-state index contributed by atoms with van der Waals surface area (Å²) in [5.74, 6) is 2.22. The maximum absolute atomic E-state index is 13.0. The molecule has 3 nitrogen and oxygen atoms in total. The van der Waals surface area contributed by atoms with Crippen LogP contribution in [0.3, 0.4) is 0 Å². The molecule has 2 aromatic rings. The fourth-order valence-electron chi connectivity index (χ4n) is 4.04. The fourth-order valence-corrected chi connectivity index (χ4v) is 4.04. The first-order valence-corrected chi connectivity index (χ1v) is 9.24. The fraction of sp³-hybridized carbons (Fsp3) is 0.524. The molecule has 3 heteroatoms. The van der Waals surface area contributed by atoms with Crippen LogP contribution < -0.4 is 0 Å². The number of rotatable bonds is 4. The van der Waals surface area contributed by atoms with E-state index in [1.165, 1.54) is 13.0 Å². The van der Waals surface area contributed by atoms with Crippen molar-refractivity contribution in [3.8, 4) is 0 Å². The third-order valence-electron chi connectivity index (χ3n) is 5.76. The van der Waals surface area contributed by atoms with E-state index in [1.54, 1.807) is 0 Å². The molecule has 126 valence electrons. The lowest BCUT2D eigenvalue weighted by atomic mass is 9.89. The van der Waals surface area contributed by atoms with Gasteiger partial charge in [-0.25, -0.2) is 0 Å². The van der Waals surface area contributed by atoms with E-state index in [1.807, 2.05) is 31.2 Å². The zero-order valence-electron chi connectivity index (χ0n) is 14.7. The minimum Gasteiger partial charge on any atom is -0.302 e. The molecule has 2 heterocycles. The number of pyridine rings is 1. The molecule has 1 aromatic carbocycles. The van der Waals surface area contributed by atoms with Gasteiger partial charge >= 0.3 is 0 Å². The highest BCUT2D eigenvalue weighted by atomic mass is 16.1. The summed E-state index contributed by atoms with van der Waals surface area (Å²) in [6.45, 7) is 7.62. The van der Waals surface area contributed by atoms with Crippen LogP contribution in [0.1, 0.15) is 42.2 Å². The Labute approximate surface area is 144 Å². The topological polar surface area (TPSA) is 33.2 Å². The molecule has 1 aliphatic heterocycles. The van der Waals surface area contributed by atoms with E-state index in [0.717, 1.165) is 59.9 Å². The van der Waals surface area contributed by atoms with Crippen molar-refractivity contribution in [1.82, 2.24) is 9.88 Å². The number of hydrogen-bond acceptors (Lipinski definition) is 3. The van der Waals surface area contributed by atoms with Gasteiger partial charge in [0, 0.05) is 35.7 Å². The molecule has 0 N–H and O–H groups in total. The molecule has 3 unspecified atom stereocenters. The number of fused-ring (bicyclic) bond motifs is 1. The van der Waals surface area contributed by atoms with Gasteiger partial charge in [0.15, 0.2) is 5.78 Å². The third-order valence-corrected chi connectivity index (χ3v) is 5.76. The number of aromatic nitrogens is 1. The van der Waals surface area contributed by atoms with Crippen molar-refractivity contribution in [2.75, 3.05) is 19.6 Å². The Balaban J connectivity index is 1.49. The second-order valence-electron chi connectivity index (χ2n) is 7.80. The number of carbonyl (C=O) groups is 1. The first-order valence-electron chi connectivity index (χ1n) is 9.24. The molecular formula is C21H26N2O. The van der Waals surface area contributed by atoms with E-state index in [-0.39, 0.29) is 5.92 Å². The summed E-state index contributed by atoms with van der Waals surface area (Å²) in [7, 11) is 0. The molecule has 3 atom stereocenters. The maximum atomic E-state index is 13.0. The molecular weight excluding hydrogens is 296 g/mol. The Hall–Kier alpha value is -1.74. The van der Waals surface area contributed by atoms with E-state index in [9.17, 15) is 4.79 Å². The summed E-state index contributed by atoms with van der Waals surface area (Å²) in [5, 5.41) is 1.06. The minimum absolute atomic E-state index is 0.156. The predicted octanol–water partition coefficient (Wildman–Crippen LogP) is 4.09. The Morgan fingerprint density at radius 2 is 2.12 bits per heavy atom. The molecule has 0 radical (unpaired) electrons. The molecule has 2 fully saturated rings. The summed E-state index contributed by atoms with van der Waals surface area (Å²) >= 11 is 0. The van der Waals surface area contributed by atoms with E-state index in [2.05, 4.69) is 22.9 Å². The summed E-state index contributed by atoms with van der Waals surface area (Å²) < 4.78 is 0. The van der Waals surface area contributed by atoms with Gasteiger partial charge < -0.3 is 4.90 Å². The van der Waals surface area contributed by atoms with Gasteiger partial charge in [0.2, 0.25) is 0 Å². The standard InChI is InChI=1S/C21H26N2O/c1-14-10-19(14)13-23-9-3-4-18(12-23)21(24)17-7-8-20-16(11-17)6-5-15(2)22-20/h5-8,11,14,18-19H,3-4,9-10,12-13H2,1-2H3. The number of benzene rings is 1. The number of aryl methyl sites for hydroxylation is 1. The molecule has 1 aromatic heterocycles. The highest BCUT2D eigenvalue weighted by Gasteiger charge is 2.36. The SMILES string of the molecule is Cc1ccc2cc(C(=O)C3CCCN(CC4CC4C)C3)ccc2n1. The number of carbonyl (C=O) groups excluding carboxylic acids is 1. The van der Waals surface area contributed by atoms with Crippen LogP contribution in [0, 0.1) is 24.7 Å². The van der Waals surface area contributed by atoms with E-state index >= 15 is 0 Å². The van der Waals surface area contributed by atoms with Gasteiger partial charge in [0.1, 0.15) is 0 Å². The van der Waals surface area contributed by atoms with E-state index in [4.69, 9.17) is 0 Å². The number of nitrogens with zero attached hydrogens (tertiary/aromatic N) is 2. The highest BCUT2D eigenvalue weighted by Crippen LogP contribution is 2.39. The van der Waals surface area contributed by atoms with Gasteiger partial charge in [-0.05, 0) is 68.8 Å². The lowest BCUT2D eigenvalue weighted by Gasteiger charge is -2.32. The van der Waals surface area contributed by atoms with Crippen LogP contribution >= 0.6 is 0 Å². The number of likely N-dealkylation sites (tertiary alicyclic amines) is 1. The maximum Gasteiger partial charge on any atom is 0.167 e. The van der Waals surface area contributed by atoms with Crippen molar-refractivity contribution < 1.29 is 4.79 Å². The molecule has 0 bridgehead atoms. The second kappa shape index (κ2) is 6.29. The summed E-state index contributed by atoms with van der Waals surface area (Å²) in [6, 6.07) is 10.0. The average molecular weight is 322 g/mol. The Morgan fingerprint density at radius 1 is 1.29 bits per heavy atom. The van der Waals surface area contributed by atoms with Gasteiger partial charge in [0.05, 0.1) is 5.52 Å². The molecule has 2 aliphatic rings. The van der Waals surface area contributed by atoms with Crippen LogP contribution in [0.25, 0.3) is 10.9 Å². The molecule has 1 aliphatic carbocycles. The molecule has 1 saturated carbocycles. The smallest absolute Gasteiger partial charge is 0.167 e.